The third kappa shape index (κ3) is 1.86. The van der Waals surface area contributed by atoms with Crippen LogP contribution in [0.1, 0.15) is 12.5 Å². The molecule has 1 N–H and O–H groups in total. The predicted octanol–water partition coefficient (Wildman–Crippen LogP) is 0.810. The van der Waals surface area contributed by atoms with Gasteiger partial charge in [-0.15, -0.1) is 0 Å². The van der Waals surface area contributed by atoms with Gasteiger partial charge in [0.2, 0.25) is 0 Å². The SMILES string of the molecule is CCN(C(=O)C1Cc2ccccc2O1)C1CNC1. The molecule has 4 heteroatoms. The molecule has 0 spiro atoms. The summed E-state index contributed by atoms with van der Waals surface area (Å²) in [6.07, 6.45) is 0.369. The molecule has 0 radical (unpaired) electrons. The van der Waals surface area contributed by atoms with Gasteiger partial charge in [0, 0.05) is 26.1 Å². The number of carbonyl (C=O) groups excluding carboxylic acids is 1. The Balaban J connectivity index is 1.71. The van der Waals surface area contributed by atoms with Crippen LogP contribution >= 0.6 is 0 Å². The molecule has 0 saturated carbocycles. The van der Waals surface area contributed by atoms with E-state index in [1.807, 2.05) is 36.1 Å². The Hall–Kier alpha value is -1.55. The van der Waals surface area contributed by atoms with E-state index in [1.54, 1.807) is 0 Å². The average Bonchev–Trinajstić information content (AvgIpc) is 2.76. The van der Waals surface area contributed by atoms with Gasteiger partial charge in [-0.2, -0.15) is 0 Å². The van der Waals surface area contributed by atoms with Crippen LogP contribution in [0.3, 0.4) is 0 Å². The number of nitrogens with one attached hydrogen (secondary N) is 1. The van der Waals surface area contributed by atoms with Crippen molar-refractivity contribution >= 4 is 5.91 Å². The molecule has 1 aromatic carbocycles. The fourth-order valence-corrected chi connectivity index (χ4v) is 2.59. The van der Waals surface area contributed by atoms with Gasteiger partial charge in [0.15, 0.2) is 6.10 Å². The maximum atomic E-state index is 12.5. The number of nitrogens with zero attached hydrogens (tertiary/aromatic N) is 1. The second kappa shape index (κ2) is 4.61. The highest BCUT2D eigenvalue weighted by Gasteiger charge is 2.36. The molecular formula is C14H18N2O2. The molecule has 4 nitrogen and oxygen atoms in total. The molecule has 96 valence electrons. The number of hydrogen-bond donors (Lipinski definition) is 1. The molecule has 1 amide bonds. The van der Waals surface area contributed by atoms with Gasteiger partial charge in [0.05, 0.1) is 6.04 Å². The zero-order valence-corrected chi connectivity index (χ0v) is 10.6. The van der Waals surface area contributed by atoms with E-state index in [0.29, 0.717) is 12.5 Å². The second-order valence-corrected chi connectivity index (χ2v) is 4.85. The first kappa shape index (κ1) is 11.5. The highest BCUT2D eigenvalue weighted by Crippen LogP contribution is 2.29. The summed E-state index contributed by atoms with van der Waals surface area (Å²) in [7, 11) is 0. The Morgan fingerprint density at radius 1 is 1.44 bits per heavy atom. The van der Waals surface area contributed by atoms with E-state index in [0.717, 1.165) is 30.9 Å². The third-order valence-corrected chi connectivity index (χ3v) is 3.75. The molecule has 1 atom stereocenters. The largest absolute Gasteiger partial charge is 0.480 e. The number of para-hydroxylation sites is 1. The Labute approximate surface area is 107 Å². The highest BCUT2D eigenvalue weighted by molar-refractivity contribution is 5.83. The van der Waals surface area contributed by atoms with Gasteiger partial charge < -0.3 is 15.0 Å². The smallest absolute Gasteiger partial charge is 0.264 e. The Morgan fingerprint density at radius 2 is 2.22 bits per heavy atom. The zero-order chi connectivity index (χ0) is 12.5. The maximum Gasteiger partial charge on any atom is 0.264 e. The summed E-state index contributed by atoms with van der Waals surface area (Å²) in [6, 6.07) is 8.24. The van der Waals surface area contributed by atoms with Gasteiger partial charge >= 0.3 is 0 Å². The summed E-state index contributed by atoms with van der Waals surface area (Å²) in [5, 5.41) is 3.20. The summed E-state index contributed by atoms with van der Waals surface area (Å²) in [5.41, 5.74) is 1.14. The van der Waals surface area contributed by atoms with E-state index < -0.39 is 0 Å². The molecule has 0 aromatic heterocycles. The number of amides is 1. The maximum absolute atomic E-state index is 12.5. The van der Waals surface area contributed by atoms with Gasteiger partial charge in [-0.05, 0) is 18.6 Å². The van der Waals surface area contributed by atoms with Crippen LogP contribution in [0.4, 0.5) is 0 Å². The summed E-state index contributed by atoms with van der Waals surface area (Å²) in [6.45, 7) is 4.58. The molecule has 2 heterocycles. The molecule has 18 heavy (non-hydrogen) atoms. The molecule has 1 unspecified atom stereocenters. The van der Waals surface area contributed by atoms with Crippen molar-refractivity contribution in [3.8, 4) is 5.75 Å². The Morgan fingerprint density at radius 3 is 2.83 bits per heavy atom. The molecule has 1 aromatic rings. The van der Waals surface area contributed by atoms with Crippen molar-refractivity contribution in [3.05, 3.63) is 29.8 Å². The lowest BCUT2D eigenvalue weighted by Gasteiger charge is -2.38. The fourth-order valence-electron chi connectivity index (χ4n) is 2.59. The van der Waals surface area contributed by atoms with Crippen LogP contribution in [0.5, 0.6) is 5.75 Å². The predicted molar refractivity (Wildman–Crippen MR) is 68.6 cm³/mol. The van der Waals surface area contributed by atoms with Crippen molar-refractivity contribution in [3.63, 3.8) is 0 Å². The van der Waals surface area contributed by atoms with Crippen LogP contribution in [0, 0.1) is 0 Å². The number of likely N-dealkylation sites (N-methyl/N-ethyl adjacent to an activating group) is 1. The molecule has 1 saturated heterocycles. The quantitative estimate of drug-likeness (QED) is 0.858. The third-order valence-electron chi connectivity index (χ3n) is 3.75. The first-order chi connectivity index (χ1) is 8.79. The van der Waals surface area contributed by atoms with Crippen molar-refractivity contribution in [2.75, 3.05) is 19.6 Å². The minimum Gasteiger partial charge on any atom is -0.480 e. The number of carbonyl (C=O) groups is 1. The summed E-state index contributed by atoms with van der Waals surface area (Å²) in [5.74, 6) is 0.985. The normalized spacial score (nSPS) is 21.9. The van der Waals surface area contributed by atoms with Gasteiger partial charge in [-0.25, -0.2) is 0 Å². The lowest BCUT2D eigenvalue weighted by molar-refractivity contribution is -0.141. The first-order valence-corrected chi connectivity index (χ1v) is 6.55. The summed E-state index contributed by atoms with van der Waals surface area (Å²) < 4.78 is 5.76. The topological polar surface area (TPSA) is 41.6 Å². The van der Waals surface area contributed by atoms with Gasteiger partial charge in [0.25, 0.3) is 5.91 Å². The van der Waals surface area contributed by atoms with Crippen LogP contribution in [-0.2, 0) is 11.2 Å². The molecule has 2 aliphatic heterocycles. The minimum atomic E-state index is -0.331. The number of benzene rings is 1. The Bertz CT molecular complexity index is 432. The summed E-state index contributed by atoms with van der Waals surface area (Å²) >= 11 is 0. The number of ether oxygens (including phenoxy) is 1. The van der Waals surface area contributed by atoms with Crippen LogP contribution < -0.4 is 10.1 Å². The molecule has 0 aliphatic carbocycles. The number of fused-ring (bicyclic) bond motifs is 1. The minimum absolute atomic E-state index is 0.125. The number of rotatable bonds is 3. The van der Waals surface area contributed by atoms with Gasteiger partial charge in [-0.1, -0.05) is 18.2 Å². The fraction of sp³-hybridized carbons (Fsp3) is 0.500. The Kier molecular flexibility index (Phi) is 2.96. The van der Waals surface area contributed by atoms with E-state index in [2.05, 4.69) is 5.32 Å². The monoisotopic (exact) mass is 246 g/mol. The molecule has 2 aliphatic rings. The van der Waals surface area contributed by atoms with E-state index in [4.69, 9.17) is 4.74 Å². The molecule has 3 rings (SSSR count). The van der Waals surface area contributed by atoms with Gasteiger partial charge in [0.1, 0.15) is 5.75 Å². The van der Waals surface area contributed by atoms with Gasteiger partial charge in [-0.3, -0.25) is 4.79 Å². The number of hydrogen-bond acceptors (Lipinski definition) is 3. The van der Waals surface area contributed by atoms with Crippen LogP contribution in [0.2, 0.25) is 0 Å². The molecule has 1 fully saturated rings. The molecular weight excluding hydrogens is 228 g/mol. The molecule has 0 bridgehead atoms. The van der Waals surface area contributed by atoms with Crippen LogP contribution in [0.15, 0.2) is 24.3 Å². The van der Waals surface area contributed by atoms with E-state index in [1.165, 1.54) is 0 Å². The van der Waals surface area contributed by atoms with Crippen molar-refractivity contribution in [2.45, 2.75) is 25.5 Å². The first-order valence-electron chi connectivity index (χ1n) is 6.55. The lowest BCUT2D eigenvalue weighted by atomic mass is 10.1. The van der Waals surface area contributed by atoms with Crippen molar-refractivity contribution < 1.29 is 9.53 Å². The van der Waals surface area contributed by atoms with Crippen molar-refractivity contribution in [2.24, 2.45) is 0 Å². The van der Waals surface area contributed by atoms with E-state index in [-0.39, 0.29) is 12.0 Å². The van der Waals surface area contributed by atoms with Crippen LogP contribution in [-0.4, -0.2) is 42.6 Å². The standard InChI is InChI=1S/C14H18N2O2/c1-2-16(11-8-15-9-11)14(17)13-7-10-5-3-4-6-12(10)18-13/h3-6,11,13,15H,2,7-9H2,1H3. The highest BCUT2D eigenvalue weighted by atomic mass is 16.5. The second-order valence-electron chi connectivity index (χ2n) is 4.85. The summed E-state index contributed by atoms with van der Waals surface area (Å²) in [4.78, 5) is 14.4. The van der Waals surface area contributed by atoms with E-state index >= 15 is 0 Å². The lowest BCUT2D eigenvalue weighted by Crippen LogP contribution is -2.60. The zero-order valence-electron chi connectivity index (χ0n) is 10.6. The average molecular weight is 246 g/mol. The van der Waals surface area contributed by atoms with Crippen molar-refractivity contribution in [1.29, 1.82) is 0 Å². The van der Waals surface area contributed by atoms with Crippen LogP contribution in [0.25, 0.3) is 0 Å². The van der Waals surface area contributed by atoms with Crippen molar-refractivity contribution in [1.82, 2.24) is 10.2 Å². The van der Waals surface area contributed by atoms with E-state index in [9.17, 15) is 4.79 Å².